The van der Waals surface area contributed by atoms with Crippen molar-refractivity contribution < 1.29 is 9.59 Å². The topological polar surface area (TPSA) is 52.7 Å². The summed E-state index contributed by atoms with van der Waals surface area (Å²) < 4.78 is 0. The zero-order valence-electron chi connectivity index (χ0n) is 12.1. The molecular formula is C13H23N3O2S2. The molecule has 1 spiro atoms. The molecule has 0 aromatic carbocycles. The van der Waals surface area contributed by atoms with Crippen LogP contribution in [0.4, 0.5) is 4.79 Å². The number of thioether (sulfide) groups is 1. The van der Waals surface area contributed by atoms with Gasteiger partial charge in [-0.1, -0.05) is 12.6 Å². The molecule has 2 aliphatic heterocycles. The highest BCUT2D eigenvalue weighted by molar-refractivity contribution is 7.98. The van der Waals surface area contributed by atoms with Gasteiger partial charge in [0, 0.05) is 32.5 Å². The number of likely N-dealkylation sites (tertiary alicyclic amines) is 1. The molecule has 0 aromatic heterocycles. The first-order valence-corrected chi connectivity index (χ1v) is 8.94. The molecule has 1 atom stereocenters. The van der Waals surface area contributed by atoms with Crippen LogP contribution in [0.25, 0.3) is 0 Å². The lowest BCUT2D eigenvalue weighted by Gasteiger charge is -2.44. The van der Waals surface area contributed by atoms with Gasteiger partial charge in [0.2, 0.25) is 5.91 Å². The average molecular weight is 317 g/mol. The fraction of sp³-hybridized carbons (Fsp3) is 0.846. The third-order valence-electron chi connectivity index (χ3n) is 4.31. The Bertz CT molecular complexity index is 384. The van der Waals surface area contributed by atoms with E-state index in [1.807, 2.05) is 11.8 Å². The van der Waals surface area contributed by atoms with Crippen LogP contribution in [0, 0.1) is 0 Å². The lowest BCUT2D eigenvalue weighted by Crippen LogP contribution is -2.59. The van der Waals surface area contributed by atoms with E-state index in [1.54, 1.807) is 16.7 Å². The van der Waals surface area contributed by atoms with Gasteiger partial charge in [0.1, 0.15) is 0 Å². The lowest BCUT2D eigenvalue weighted by atomic mass is 9.96. The van der Waals surface area contributed by atoms with Crippen molar-refractivity contribution in [3.05, 3.63) is 0 Å². The number of hydrogen-bond donors (Lipinski definition) is 2. The monoisotopic (exact) mass is 317 g/mol. The molecule has 5 nitrogen and oxygen atoms in total. The first kappa shape index (κ1) is 16.0. The third-order valence-corrected chi connectivity index (χ3v) is 5.24. The van der Waals surface area contributed by atoms with E-state index in [0.29, 0.717) is 13.1 Å². The van der Waals surface area contributed by atoms with Crippen LogP contribution in [0.3, 0.4) is 0 Å². The lowest BCUT2D eigenvalue weighted by molar-refractivity contribution is -0.132. The van der Waals surface area contributed by atoms with E-state index in [1.165, 1.54) is 0 Å². The molecule has 2 heterocycles. The molecule has 2 saturated heterocycles. The van der Waals surface area contributed by atoms with Crippen molar-refractivity contribution in [2.24, 2.45) is 0 Å². The molecule has 0 radical (unpaired) electrons. The van der Waals surface area contributed by atoms with Gasteiger partial charge in [-0.05, 0) is 25.4 Å². The van der Waals surface area contributed by atoms with E-state index >= 15 is 0 Å². The van der Waals surface area contributed by atoms with Gasteiger partial charge in [0.25, 0.3) is 5.24 Å². The second kappa shape index (κ2) is 6.58. The SMILES string of the molecule is CCN1C(=O)C(CCSC)NC12CCN(C(=O)S)CC2. The summed E-state index contributed by atoms with van der Waals surface area (Å²) >= 11 is 5.65. The molecule has 1 unspecified atom stereocenters. The Morgan fingerprint density at radius 3 is 2.65 bits per heavy atom. The summed E-state index contributed by atoms with van der Waals surface area (Å²) in [5.74, 6) is 1.20. The van der Waals surface area contributed by atoms with E-state index in [0.717, 1.165) is 31.6 Å². The Morgan fingerprint density at radius 2 is 2.15 bits per heavy atom. The van der Waals surface area contributed by atoms with Crippen molar-refractivity contribution in [3.63, 3.8) is 0 Å². The molecule has 20 heavy (non-hydrogen) atoms. The molecule has 2 amide bonds. The molecule has 0 aromatic rings. The molecule has 2 rings (SSSR count). The number of carbonyl (C=O) groups excluding carboxylic acids is 2. The van der Waals surface area contributed by atoms with Gasteiger partial charge >= 0.3 is 0 Å². The fourth-order valence-corrected chi connectivity index (χ4v) is 3.91. The summed E-state index contributed by atoms with van der Waals surface area (Å²) in [6.07, 6.45) is 4.50. The van der Waals surface area contributed by atoms with Crippen LogP contribution in [0.15, 0.2) is 0 Å². The number of piperidine rings is 1. The summed E-state index contributed by atoms with van der Waals surface area (Å²) in [6.45, 7) is 4.06. The highest BCUT2D eigenvalue weighted by atomic mass is 32.2. The highest BCUT2D eigenvalue weighted by Gasteiger charge is 2.50. The molecular weight excluding hydrogens is 294 g/mol. The maximum atomic E-state index is 12.5. The Morgan fingerprint density at radius 1 is 1.50 bits per heavy atom. The molecule has 0 bridgehead atoms. The van der Waals surface area contributed by atoms with Crippen LogP contribution in [0.1, 0.15) is 26.2 Å². The summed E-state index contributed by atoms with van der Waals surface area (Å²) in [7, 11) is 0. The molecule has 7 heteroatoms. The predicted molar refractivity (Wildman–Crippen MR) is 85.2 cm³/mol. The van der Waals surface area contributed by atoms with Crippen molar-refractivity contribution in [2.45, 2.75) is 37.9 Å². The molecule has 2 aliphatic rings. The minimum atomic E-state index is -0.255. The summed E-state index contributed by atoms with van der Waals surface area (Å²) in [6, 6.07) is -0.0688. The Kier molecular flexibility index (Phi) is 5.25. The molecule has 0 saturated carbocycles. The molecule has 2 fully saturated rings. The number of carbonyl (C=O) groups is 2. The average Bonchev–Trinajstić information content (AvgIpc) is 2.69. The number of likely N-dealkylation sites (N-methyl/N-ethyl adjacent to an activating group) is 1. The Labute approximate surface area is 130 Å². The number of thiol groups is 1. The van der Waals surface area contributed by atoms with Crippen molar-refractivity contribution in [2.75, 3.05) is 31.6 Å². The molecule has 1 N–H and O–H groups in total. The first-order valence-electron chi connectivity index (χ1n) is 7.10. The number of rotatable bonds is 4. The van der Waals surface area contributed by atoms with Gasteiger partial charge < -0.3 is 9.80 Å². The van der Waals surface area contributed by atoms with E-state index in [9.17, 15) is 9.59 Å². The van der Waals surface area contributed by atoms with Crippen LogP contribution in [0.5, 0.6) is 0 Å². The number of nitrogens with one attached hydrogen (secondary N) is 1. The maximum absolute atomic E-state index is 12.5. The van der Waals surface area contributed by atoms with Gasteiger partial charge in [-0.15, -0.1) is 0 Å². The number of hydrogen-bond acceptors (Lipinski definition) is 4. The zero-order chi connectivity index (χ0) is 14.8. The van der Waals surface area contributed by atoms with Crippen molar-refractivity contribution >= 4 is 35.5 Å². The zero-order valence-corrected chi connectivity index (χ0v) is 13.8. The van der Waals surface area contributed by atoms with E-state index in [4.69, 9.17) is 0 Å². The number of nitrogens with zero attached hydrogens (tertiary/aromatic N) is 2. The van der Waals surface area contributed by atoms with Gasteiger partial charge in [0.15, 0.2) is 0 Å². The second-order valence-electron chi connectivity index (χ2n) is 5.36. The van der Waals surface area contributed by atoms with Gasteiger partial charge in [0.05, 0.1) is 11.7 Å². The van der Waals surface area contributed by atoms with Gasteiger partial charge in [-0.25, -0.2) is 0 Å². The van der Waals surface area contributed by atoms with Crippen LogP contribution in [-0.2, 0) is 4.79 Å². The highest BCUT2D eigenvalue weighted by Crippen LogP contribution is 2.33. The van der Waals surface area contributed by atoms with E-state index in [-0.39, 0.29) is 22.9 Å². The Hall–Kier alpha value is -0.400. The van der Waals surface area contributed by atoms with Crippen molar-refractivity contribution in [1.82, 2.24) is 15.1 Å². The Balaban J connectivity index is 2.07. The van der Waals surface area contributed by atoms with Crippen LogP contribution in [0.2, 0.25) is 0 Å². The van der Waals surface area contributed by atoms with Crippen LogP contribution >= 0.6 is 24.4 Å². The second-order valence-corrected chi connectivity index (χ2v) is 6.73. The normalized spacial score (nSPS) is 25.6. The van der Waals surface area contributed by atoms with E-state index < -0.39 is 0 Å². The maximum Gasteiger partial charge on any atom is 0.278 e. The van der Waals surface area contributed by atoms with Crippen molar-refractivity contribution in [1.29, 1.82) is 0 Å². The largest absolute Gasteiger partial charge is 0.334 e. The minimum Gasteiger partial charge on any atom is -0.334 e. The van der Waals surface area contributed by atoms with E-state index in [2.05, 4.69) is 24.2 Å². The smallest absolute Gasteiger partial charge is 0.278 e. The van der Waals surface area contributed by atoms with Gasteiger partial charge in [-0.2, -0.15) is 11.8 Å². The first-order chi connectivity index (χ1) is 9.54. The van der Waals surface area contributed by atoms with Crippen LogP contribution in [-0.4, -0.2) is 64.3 Å². The summed E-state index contributed by atoms with van der Waals surface area (Å²) in [4.78, 5) is 27.5. The molecule has 0 aliphatic carbocycles. The quantitative estimate of drug-likeness (QED) is 0.770. The van der Waals surface area contributed by atoms with Crippen LogP contribution < -0.4 is 5.32 Å². The standard InChI is InChI=1S/C13H23N3O2S2/c1-3-16-11(17)10(4-9-20-2)14-13(16)5-7-15(8-6-13)12(18)19/h10,14H,3-9H2,1-2H3,(H,18,19). The fourth-order valence-electron chi connectivity index (χ4n) is 3.24. The third kappa shape index (κ3) is 2.94. The number of amides is 2. The summed E-state index contributed by atoms with van der Waals surface area (Å²) in [5.41, 5.74) is -0.255. The predicted octanol–water partition coefficient (Wildman–Crippen LogP) is 1.40. The van der Waals surface area contributed by atoms with Gasteiger partial charge in [-0.3, -0.25) is 14.9 Å². The summed E-state index contributed by atoms with van der Waals surface area (Å²) in [5, 5.41) is 3.38. The minimum absolute atomic E-state index is 0.0688. The van der Waals surface area contributed by atoms with Crippen molar-refractivity contribution in [3.8, 4) is 0 Å². The molecule has 114 valence electrons.